The standard InChI is InChI=1S/C34H52N4O8/c1-20-16-24-29(37-15-10-8-7-9-14-35)26(39)19-25(31(24)41)38-33(42)21(2)12-11-13-27(44-5)32(46-34(36)43)23(4)18-22(3)30(40)28(17-20)45-6/h11-13,18-20,22,27-28,30,32,37,40H,7-10,14-17,35H2,1-6H3,(H2,36,43)(H,38,42). The van der Waals surface area contributed by atoms with E-state index < -0.39 is 53.9 Å². The van der Waals surface area contributed by atoms with E-state index in [0.29, 0.717) is 25.1 Å². The summed E-state index contributed by atoms with van der Waals surface area (Å²) in [7, 11) is 2.94. The van der Waals surface area contributed by atoms with Gasteiger partial charge in [0.2, 0.25) is 11.6 Å². The number of fused-ring (bicyclic) bond motifs is 2. The third-order valence-corrected chi connectivity index (χ3v) is 8.23. The van der Waals surface area contributed by atoms with E-state index in [1.54, 1.807) is 32.1 Å². The molecule has 2 aliphatic rings. The van der Waals surface area contributed by atoms with E-state index in [2.05, 4.69) is 10.6 Å². The molecule has 6 atom stereocenters. The van der Waals surface area contributed by atoms with Gasteiger partial charge in [-0.3, -0.25) is 14.4 Å². The summed E-state index contributed by atoms with van der Waals surface area (Å²) in [5.74, 6) is -2.04. The van der Waals surface area contributed by atoms with Gasteiger partial charge >= 0.3 is 6.09 Å². The van der Waals surface area contributed by atoms with Crippen LogP contribution in [0.4, 0.5) is 4.79 Å². The van der Waals surface area contributed by atoms with Gasteiger partial charge in [0.1, 0.15) is 6.10 Å². The van der Waals surface area contributed by atoms with Crippen LogP contribution in [0.15, 0.2) is 58.5 Å². The fraction of sp³-hybridized carbons (Fsp3) is 0.588. The van der Waals surface area contributed by atoms with Gasteiger partial charge < -0.3 is 41.4 Å². The smallest absolute Gasteiger partial charge is 0.405 e. The number of ketones is 2. The Morgan fingerprint density at radius 2 is 1.78 bits per heavy atom. The van der Waals surface area contributed by atoms with Gasteiger partial charge in [-0.25, -0.2) is 4.79 Å². The first-order valence-electron chi connectivity index (χ1n) is 15.9. The van der Waals surface area contributed by atoms with E-state index in [0.717, 1.165) is 31.8 Å². The Hall–Kier alpha value is -3.58. The molecule has 0 saturated heterocycles. The molecule has 256 valence electrons. The maximum absolute atomic E-state index is 13.8. The predicted octanol–water partition coefficient (Wildman–Crippen LogP) is 2.87. The Balaban J connectivity index is 2.54. The predicted molar refractivity (Wildman–Crippen MR) is 175 cm³/mol. The van der Waals surface area contributed by atoms with Gasteiger partial charge in [0, 0.05) is 43.9 Å². The van der Waals surface area contributed by atoms with E-state index in [4.69, 9.17) is 25.7 Å². The van der Waals surface area contributed by atoms with Crippen molar-refractivity contribution in [3.63, 3.8) is 0 Å². The minimum absolute atomic E-state index is 0.109. The van der Waals surface area contributed by atoms with E-state index in [1.165, 1.54) is 20.3 Å². The quantitative estimate of drug-likeness (QED) is 0.134. The second-order valence-electron chi connectivity index (χ2n) is 12.1. The number of aliphatic hydroxyl groups is 1. The van der Waals surface area contributed by atoms with Gasteiger partial charge in [0.25, 0.3) is 5.91 Å². The lowest BCUT2D eigenvalue weighted by Gasteiger charge is -2.30. The molecule has 1 aliphatic heterocycles. The van der Waals surface area contributed by atoms with Crippen molar-refractivity contribution >= 4 is 23.6 Å². The molecule has 12 heteroatoms. The SMILES string of the molecule is COC1C=CC=C(C)C(=O)NC2=CC(=O)C(NCCCCCCN)=C(CC(C)CC(OC)C(O)C(C)C=C(C)C1OC(N)=O)C2=O. The summed E-state index contributed by atoms with van der Waals surface area (Å²) in [5, 5.41) is 17.1. The molecule has 12 nitrogen and oxygen atoms in total. The van der Waals surface area contributed by atoms with Crippen molar-refractivity contribution in [2.24, 2.45) is 23.3 Å². The minimum Gasteiger partial charge on any atom is -0.439 e. The molecule has 1 heterocycles. The van der Waals surface area contributed by atoms with Crippen molar-refractivity contribution in [1.29, 1.82) is 0 Å². The number of aliphatic hydroxyl groups excluding tert-OH is 1. The number of nitrogens with two attached hydrogens (primary N) is 2. The van der Waals surface area contributed by atoms with Crippen LogP contribution in [0.3, 0.4) is 0 Å². The number of Topliss-reactive ketones (excluding diaryl/α,β-unsaturated/α-hetero) is 1. The van der Waals surface area contributed by atoms with Crippen LogP contribution in [-0.4, -0.2) is 80.4 Å². The molecule has 0 aromatic heterocycles. The van der Waals surface area contributed by atoms with Crippen molar-refractivity contribution in [2.45, 2.75) is 90.6 Å². The molecule has 2 rings (SSSR count). The summed E-state index contributed by atoms with van der Waals surface area (Å²) in [4.78, 5) is 52.0. The van der Waals surface area contributed by atoms with Crippen LogP contribution >= 0.6 is 0 Å². The Kier molecular flexibility index (Phi) is 16.1. The van der Waals surface area contributed by atoms with Gasteiger partial charge in [0.05, 0.1) is 23.6 Å². The van der Waals surface area contributed by atoms with Gasteiger partial charge in [-0.1, -0.05) is 51.0 Å². The van der Waals surface area contributed by atoms with Crippen molar-refractivity contribution < 1.29 is 38.5 Å². The number of methoxy groups -OCH3 is 2. The third-order valence-electron chi connectivity index (χ3n) is 8.23. The fourth-order valence-electron chi connectivity index (χ4n) is 5.61. The number of carbonyl (C=O) groups is 4. The maximum Gasteiger partial charge on any atom is 0.405 e. The molecular weight excluding hydrogens is 592 g/mol. The zero-order valence-electron chi connectivity index (χ0n) is 28.0. The molecule has 7 N–H and O–H groups in total. The van der Waals surface area contributed by atoms with Crippen LogP contribution < -0.4 is 22.1 Å². The van der Waals surface area contributed by atoms with E-state index in [9.17, 15) is 24.3 Å². The van der Waals surface area contributed by atoms with Crippen molar-refractivity contribution in [2.75, 3.05) is 27.3 Å². The molecule has 0 aromatic carbocycles. The normalized spacial score (nSPS) is 27.0. The van der Waals surface area contributed by atoms with Gasteiger partial charge in [-0.2, -0.15) is 0 Å². The third kappa shape index (κ3) is 11.3. The summed E-state index contributed by atoms with van der Waals surface area (Å²) >= 11 is 0. The number of hydrogen-bond donors (Lipinski definition) is 5. The summed E-state index contributed by atoms with van der Waals surface area (Å²) in [6.07, 6.45) is 7.54. The molecule has 2 bridgehead atoms. The zero-order valence-corrected chi connectivity index (χ0v) is 28.0. The molecule has 0 radical (unpaired) electrons. The van der Waals surface area contributed by atoms with Crippen LogP contribution in [0.1, 0.15) is 66.2 Å². The number of primary amides is 1. The zero-order chi connectivity index (χ0) is 34.4. The maximum atomic E-state index is 13.8. The molecule has 0 spiro atoms. The van der Waals surface area contributed by atoms with Crippen LogP contribution in [0, 0.1) is 11.8 Å². The first-order valence-corrected chi connectivity index (χ1v) is 15.9. The molecule has 0 fully saturated rings. The lowest BCUT2D eigenvalue weighted by atomic mass is 9.85. The number of ether oxygens (including phenoxy) is 3. The number of hydrogen-bond acceptors (Lipinski definition) is 10. The highest BCUT2D eigenvalue weighted by Gasteiger charge is 2.33. The van der Waals surface area contributed by atoms with E-state index >= 15 is 0 Å². The molecule has 6 unspecified atom stereocenters. The lowest BCUT2D eigenvalue weighted by molar-refractivity contribution is -0.120. The fourth-order valence-corrected chi connectivity index (χ4v) is 5.61. The molecular formula is C34H52N4O8. The Morgan fingerprint density at radius 1 is 1.09 bits per heavy atom. The number of nitrogens with one attached hydrogen (secondary N) is 2. The van der Waals surface area contributed by atoms with E-state index in [-0.39, 0.29) is 34.9 Å². The van der Waals surface area contributed by atoms with Crippen molar-refractivity contribution in [3.8, 4) is 0 Å². The van der Waals surface area contributed by atoms with Crippen LogP contribution in [-0.2, 0) is 28.6 Å². The van der Waals surface area contributed by atoms with Crippen molar-refractivity contribution in [1.82, 2.24) is 10.6 Å². The summed E-state index contributed by atoms with van der Waals surface area (Å²) in [6.45, 7) is 8.17. The average Bonchev–Trinajstić information content (AvgIpc) is 3.01. The highest BCUT2D eigenvalue weighted by molar-refractivity contribution is 6.23. The van der Waals surface area contributed by atoms with Crippen LogP contribution in [0.2, 0.25) is 0 Å². The highest BCUT2D eigenvalue weighted by Crippen LogP contribution is 2.29. The topological polar surface area (TPSA) is 192 Å². The Bertz CT molecular complexity index is 1250. The largest absolute Gasteiger partial charge is 0.439 e. The molecule has 0 saturated carbocycles. The summed E-state index contributed by atoms with van der Waals surface area (Å²) in [5.41, 5.74) is 12.2. The molecule has 2 amide bonds. The average molecular weight is 645 g/mol. The molecule has 46 heavy (non-hydrogen) atoms. The summed E-state index contributed by atoms with van der Waals surface area (Å²) < 4.78 is 16.7. The molecule has 1 aliphatic carbocycles. The van der Waals surface area contributed by atoms with Gasteiger partial charge in [0.15, 0.2) is 6.10 Å². The monoisotopic (exact) mass is 644 g/mol. The Morgan fingerprint density at radius 3 is 2.41 bits per heavy atom. The number of allylic oxidation sites excluding steroid dienone is 4. The Labute approximate surface area is 272 Å². The van der Waals surface area contributed by atoms with Gasteiger partial charge in [-0.05, 0) is 57.6 Å². The first-order chi connectivity index (χ1) is 21.8. The van der Waals surface area contributed by atoms with E-state index in [1.807, 2.05) is 13.8 Å². The first kappa shape index (κ1) is 38.6. The number of amides is 2. The van der Waals surface area contributed by atoms with Crippen LogP contribution in [0.5, 0.6) is 0 Å². The second-order valence-corrected chi connectivity index (χ2v) is 12.1. The number of rotatable bonds is 10. The van der Waals surface area contributed by atoms with Crippen molar-refractivity contribution in [3.05, 3.63) is 58.5 Å². The summed E-state index contributed by atoms with van der Waals surface area (Å²) in [6, 6.07) is 0. The lowest BCUT2D eigenvalue weighted by Crippen LogP contribution is -2.38. The second kappa shape index (κ2) is 19.2. The number of unbranched alkanes of at least 4 members (excludes halogenated alkanes) is 3. The molecule has 0 aromatic rings. The highest BCUT2D eigenvalue weighted by atomic mass is 16.6. The number of carbonyl (C=O) groups excluding carboxylic acids is 4. The minimum atomic E-state index is -0.997. The van der Waals surface area contributed by atoms with Gasteiger partial charge in [-0.15, -0.1) is 0 Å². The van der Waals surface area contributed by atoms with Crippen LogP contribution in [0.25, 0.3) is 0 Å².